The van der Waals surface area contributed by atoms with E-state index >= 15 is 0 Å². The van der Waals surface area contributed by atoms with Gasteiger partial charge in [-0.3, -0.25) is 4.79 Å². The summed E-state index contributed by atoms with van der Waals surface area (Å²) in [5, 5.41) is 8.80. The number of aliphatic carboxylic acids is 1. The lowest BCUT2D eigenvalue weighted by Crippen LogP contribution is -2.07. The normalized spacial score (nSPS) is 12.9. The van der Waals surface area contributed by atoms with Crippen molar-refractivity contribution in [3.63, 3.8) is 0 Å². The predicted molar refractivity (Wildman–Crippen MR) is 63.1 cm³/mol. The van der Waals surface area contributed by atoms with Crippen LogP contribution in [0.5, 0.6) is 0 Å². The van der Waals surface area contributed by atoms with E-state index in [9.17, 15) is 4.79 Å². The van der Waals surface area contributed by atoms with Gasteiger partial charge >= 0.3 is 5.97 Å². The van der Waals surface area contributed by atoms with Crippen molar-refractivity contribution in [3.8, 4) is 0 Å². The highest BCUT2D eigenvalue weighted by Gasteiger charge is 2.13. The molecule has 0 saturated carbocycles. The summed E-state index contributed by atoms with van der Waals surface area (Å²) in [6, 6.07) is 7.49. The number of halogens is 2. The van der Waals surface area contributed by atoms with E-state index in [2.05, 4.69) is 31.9 Å². The van der Waals surface area contributed by atoms with Crippen LogP contribution in [0.3, 0.4) is 0 Å². The monoisotopic (exact) mass is 320 g/mol. The predicted octanol–water partition coefficient (Wildman–Crippen LogP) is 3.66. The zero-order valence-corrected chi connectivity index (χ0v) is 10.7. The van der Waals surface area contributed by atoms with Gasteiger partial charge in [-0.2, -0.15) is 0 Å². The van der Waals surface area contributed by atoms with Gasteiger partial charge in [-0.1, -0.05) is 56.1 Å². The second-order valence-corrected chi connectivity index (χ2v) is 6.09. The van der Waals surface area contributed by atoms with Gasteiger partial charge in [-0.15, -0.1) is 0 Å². The summed E-state index contributed by atoms with van der Waals surface area (Å²) in [4.78, 5) is 10.7. The Morgan fingerprint density at radius 1 is 1.21 bits per heavy atom. The summed E-state index contributed by atoms with van der Waals surface area (Å²) in [6.45, 7) is 1.68. The number of alkyl halides is 2. The van der Waals surface area contributed by atoms with E-state index in [0.29, 0.717) is 0 Å². The highest BCUT2D eigenvalue weighted by Crippen LogP contribution is 2.29. The number of carboxylic acids is 1. The zero-order valence-electron chi connectivity index (χ0n) is 7.58. The van der Waals surface area contributed by atoms with Crippen molar-refractivity contribution >= 4 is 37.8 Å². The number of hydrogen-bond acceptors (Lipinski definition) is 1. The molecule has 2 nitrogen and oxygen atoms in total. The van der Waals surface area contributed by atoms with Gasteiger partial charge in [0.1, 0.15) is 0 Å². The number of rotatable bonds is 3. The maximum Gasteiger partial charge on any atom is 0.310 e. The molecule has 0 aliphatic carbocycles. The first-order valence-electron chi connectivity index (χ1n) is 4.13. The van der Waals surface area contributed by atoms with Crippen LogP contribution in [-0.2, 0) is 4.79 Å². The minimum Gasteiger partial charge on any atom is -0.481 e. The number of carboxylic acid groups (broad SMARTS) is 1. The smallest absolute Gasteiger partial charge is 0.310 e. The van der Waals surface area contributed by atoms with Crippen LogP contribution in [0, 0.1) is 0 Å². The Bertz CT molecular complexity index is 319. The van der Waals surface area contributed by atoms with Gasteiger partial charge in [0.25, 0.3) is 0 Å². The van der Waals surface area contributed by atoms with Gasteiger partial charge in [-0.25, -0.2) is 0 Å². The van der Waals surface area contributed by atoms with Crippen LogP contribution in [0.25, 0.3) is 0 Å². The molecule has 0 aliphatic heterocycles. The van der Waals surface area contributed by atoms with Gasteiger partial charge in [0, 0.05) is 0 Å². The SMILES string of the molecule is CC(C(=O)O)c1ccc(C(Br)Br)cc1. The molecule has 1 rings (SSSR count). The van der Waals surface area contributed by atoms with Crippen molar-refractivity contribution < 1.29 is 9.90 Å². The lowest BCUT2D eigenvalue weighted by Gasteiger charge is -2.08. The molecule has 1 atom stereocenters. The van der Waals surface area contributed by atoms with Crippen molar-refractivity contribution in [3.05, 3.63) is 35.4 Å². The molecule has 0 heterocycles. The third-order valence-corrected chi connectivity index (χ3v) is 3.12. The standard InChI is InChI=1S/C10H10Br2O2/c1-6(10(13)14)7-2-4-8(5-3-7)9(11)12/h2-6,9H,1H3,(H,13,14). The van der Waals surface area contributed by atoms with E-state index in [4.69, 9.17) is 5.11 Å². The van der Waals surface area contributed by atoms with E-state index < -0.39 is 11.9 Å². The lowest BCUT2D eigenvalue weighted by atomic mass is 10.0. The lowest BCUT2D eigenvalue weighted by molar-refractivity contribution is -0.138. The summed E-state index contributed by atoms with van der Waals surface area (Å²) in [6.07, 6.45) is 0. The molecule has 0 fully saturated rings. The molecule has 14 heavy (non-hydrogen) atoms. The minimum atomic E-state index is -0.799. The van der Waals surface area contributed by atoms with Gasteiger partial charge in [-0.05, 0) is 18.1 Å². The molecule has 4 heteroatoms. The van der Waals surface area contributed by atoms with E-state index in [1.807, 2.05) is 24.3 Å². The zero-order chi connectivity index (χ0) is 10.7. The average Bonchev–Trinajstić information content (AvgIpc) is 2.16. The van der Waals surface area contributed by atoms with E-state index in [1.54, 1.807) is 6.92 Å². The first-order valence-corrected chi connectivity index (χ1v) is 5.96. The highest BCUT2D eigenvalue weighted by atomic mass is 79.9. The van der Waals surface area contributed by atoms with Crippen LogP contribution in [-0.4, -0.2) is 11.1 Å². The molecular formula is C10H10Br2O2. The number of carbonyl (C=O) groups is 1. The van der Waals surface area contributed by atoms with Gasteiger partial charge in [0.15, 0.2) is 0 Å². The van der Waals surface area contributed by atoms with Crippen LogP contribution in [0.2, 0.25) is 0 Å². The molecule has 0 bridgehead atoms. The molecule has 0 radical (unpaired) electrons. The molecule has 0 aromatic heterocycles. The highest BCUT2D eigenvalue weighted by molar-refractivity contribution is 9.24. The topological polar surface area (TPSA) is 37.3 Å². The Morgan fingerprint density at radius 2 is 1.64 bits per heavy atom. The number of hydrogen-bond donors (Lipinski definition) is 1. The van der Waals surface area contributed by atoms with Gasteiger partial charge in [0.05, 0.1) is 9.65 Å². The van der Waals surface area contributed by atoms with E-state index in [1.165, 1.54) is 0 Å². The summed E-state index contributed by atoms with van der Waals surface area (Å²) in [7, 11) is 0. The molecule has 0 saturated heterocycles. The van der Waals surface area contributed by atoms with Crippen LogP contribution in [0.15, 0.2) is 24.3 Å². The van der Waals surface area contributed by atoms with Gasteiger partial charge in [0.2, 0.25) is 0 Å². The Labute approximate surface area is 99.6 Å². The van der Waals surface area contributed by atoms with Crippen molar-refractivity contribution in [1.82, 2.24) is 0 Å². The van der Waals surface area contributed by atoms with Crippen molar-refractivity contribution in [2.45, 2.75) is 16.6 Å². The first kappa shape index (κ1) is 11.7. The molecule has 0 aliphatic rings. The van der Waals surface area contributed by atoms with Gasteiger partial charge < -0.3 is 5.11 Å². The molecule has 0 spiro atoms. The quantitative estimate of drug-likeness (QED) is 0.863. The summed E-state index contributed by atoms with van der Waals surface area (Å²) >= 11 is 6.75. The Morgan fingerprint density at radius 3 is 2.00 bits per heavy atom. The van der Waals surface area contributed by atoms with Crippen molar-refractivity contribution in [1.29, 1.82) is 0 Å². The fourth-order valence-corrected chi connectivity index (χ4v) is 1.68. The Hall–Kier alpha value is -0.350. The van der Waals surface area contributed by atoms with Crippen LogP contribution >= 0.6 is 31.9 Å². The van der Waals surface area contributed by atoms with Crippen molar-refractivity contribution in [2.24, 2.45) is 0 Å². The van der Waals surface area contributed by atoms with Crippen LogP contribution in [0.4, 0.5) is 0 Å². The average molecular weight is 322 g/mol. The fraction of sp³-hybridized carbons (Fsp3) is 0.300. The summed E-state index contributed by atoms with van der Waals surface area (Å²) in [5.74, 6) is -1.25. The third kappa shape index (κ3) is 2.82. The summed E-state index contributed by atoms with van der Waals surface area (Å²) in [5.41, 5.74) is 1.90. The molecule has 76 valence electrons. The molecule has 1 unspecified atom stereocenters. The van der Waals surface area contributed by atoms with E-state index in [-0.39, 0.29) is 3.74 Å². The Balaban J connectivity index is 2.88. The maximum absolute atomic E-state index is 10.7. The van der Waals surface area contributed by atoms with Crippen LogP contribution in [0.1, 0.15) is 27.7 Å². The van der Waals surface area contributed by atoms with Crippen LogP contribution < -0.4 is 0 Å². The third-order valence-electron chi connectivity index (χ3n) is 2.06. The summed E-state index contributed by atoms with van der Waals surface area (Å²) < 4.78 is 0.115. The largest absolute Gasteiger partial charge is 0.481 e. The molecular weight excluding hydrogens is 312 g/mol. The molecule has 1 N–H and O–H groups in total. The fourth-order valence-electron chi connectivity index (χ4n) is 1.07. The second kappa shape index (κ2) is 4.94. The van der Waals surface area contributed by atoms with Crippen molar-refractivity contribution in [2.75, 3.05) is 0 Å². The molecule has 1 aromatic carbocycles. The Kier molecular flexibility index (Phi) is 4.13. The number of benzene rings is 1. The first-order chi connectivity index (χ1) is 6.52. The minimum absolute atomic E-state index is 0.115. The van der Waals surface area contributed by atoms with E-state index in [0.717, 1.165) is 11.1 Å². The molecule has 1 aromatic rings. The molecule has 0 amide bonds. The maximum atomic E-state index is 10.7. The second-order valence-electron chi connectivity index (χ2n) is 3.03.